The fraction of sp³-hybridized carbons (Fsp3) is 0.976. The molecule has 12 heteroatoms. The highest BCUT2D eigenvalue weighted by Crippen LogP contribution is 2.12. The predicted octanol–water partition coefficient (Wildman–Crippen LogP) is 7.37. The molecule has 0 aromatic heterocycles. The van der Waals surface area contributed by atoms with Crippen LogP contribution in [0, 0.1) is 0 Å². The third-order valence-electron chi connectivity index (χ3n) is 8.22. The van der Waals surface area contributed by atoms with Crippen LogP contribution in [-0.2, 0) is 56.9 Å². The minimum atomic E-state index is -0.156. The molecule has 0 atom stereocenters. The van der Waals surface area contributed by atoms with Gasteiger partial charge in [-0.1, -0.05) is 104 Å². The molecule has 0 N–H and O–H groups in total. The molecule has 53 heavy (non-hydrogen) atoms. The molecule has 0 rings (SSSR count). The quantitative estimate of drug-likeness (QED) is 0.0455. The van der Waals surface area contributed by atoms with Crippen LogP contribution in [0.3, 0.4) is 0 Å². The van der Waals surface area contributed by atoms with E-state index in [1.165, 1.54) is 77.0 Å². The smallest absolute Gasteiger partial charge is 0.305 e. The zero-order valence-corrected chi connectivity index (χ0v) is 34.3. The van der Waals surface area contributed by atoms with Crippen LogP contribution in [0.25, 0.3) is 0 Å². The summed E-state index contributed by atoms with van der Waals surface area (Å²) >= 11 is 0. The van der Waals surface area contributed by atoms with Gasteiger partial charge in [-0.2, -0.15) is 0 Å². The first kappa shape index (κ1) is 52.1. The van der Waals surface area contributed by atoms with Crippen molar-refractivity contribution in [2.45, 2.75) is 123 Å². The van der Waals surface area contributed by atoms with Gasteiger partial charge in [0.25, 0.3) is 0 Å². The summed E-state index contributed by atoms with van der Waals surface area (Å²) in [4.78, 5) is 11.5. The van der Waals surface area contributed by atoms with E-state index < -0.39 is 0 Å². The van der Waals surface area contributed by atoms with E-state index >= 15 is 0 Å². The fourth-order valence-electron chi connectivity index (χ4n) is 5.11. The van der Waals surface area contributed by atoms with E-state index in [2.05, 4.69) is 13.8 Å². The average molecular weight is 767 g/mol. The van der Waals surface area contributed by atoms with Crippen LogP contribution >= 0.6 is 0 Å². The normalized spacial score (nSPS) is 11.5. The number of esters is 1. The Morgan fingerprint density at radius 2 is 0.491 bits per heavy atom. The summed E-state index contributed by atoms with van der Waals surface area (Å²) in [7, 11) is 0. The molecule has 0 saturated heterocycles. The van der Waals surface area contributed by atoms with Crippen molar-refractivity contribution in [1.82, 2.24) is 0 Å². The molecular weight excluding hydrogens is 684 g/mol. The Labute approximate surface area is 324 Å². The lowest BCUT2D eigenvalue weighted by atomic mass is 10.0. The molecule has 0 aliphatic heterocycles. The first-order valence-electron chi connectivity index (χ1n) is 21.2. The minimum Gasteiger partial charge on any atom is -0.463 e. The molecule has 0 heterocycles. The van der Waals surface area contributed by atoms with Crippen LogP contribution in [0.15, 0.2) is 0 Å². The lowest BCUT2D eigenvalue weighted by Gasteiger charge is -2.09. The maximum atomic E-state index is 11.5. The number of ether oxygens (including phenoxy) is 11. The lowest BCUT2D eigenvalue weighted by Crippen LogP contribution is -2.15. The van der Waals surface area contributed by atoms with E-state index in [1.807, 2.05) is 0 Å². The van der Waals surface area contributed by atoms with E-state index in [1.54, 1.807) is 0 Å². The maximum Gasteiger partial charge on any atom is 0.305 e. The van der Waals surface area contributed by atoms with Crippen LogP contribution in [-0.4, -0.2) is 145 Å². The van der Waals surface area contributed by atoms with Gasteiger partial charge in [-0.3, -0.25) is 4.79 Å². The zero-order chi connectivity index (χ0) is 38.2. The summed E-state index contributed by atoms with van der Waals surface area (Å²) in [6.07, 6.45) is 21.3. The van der Waals surface area contributed by atoms with Crippen molar-refractivity contribution in [3.8, 4) is 0 Å². The van der Waals surface area contributed by atoms with E-state index in [4.69, 9.17) is 52.1 Å². The number of carbonyl (C=O) groups excluding carboxylic acids is 1. The lowest BCUT2D eigenvalue weighted by molar-refractivity contribution is -0.145. The van der Waals surface area contributed by atoms with Crippen molar-refractivity contribution in [1.29, 1.82) is 0 Å². The third-order valence-corrected chi connectivity index (χ3v) is 8.22. The van der Waals surface area contributed by atoms with Gasteiger partial charge in [0.2, 0.25) is 0 Å². The number of rotatable bonds is 48. The molecule has 0 aromatic rings. The molecule has 0 spiro atoms. The monoisotopic (exact) mass is 767 g/mol. The van der Waals surface area contributed by atoms with Gasteiger partial charge in [-0.05, 0) is 12.8 Å². The second kappa shape index (κ2) is 49.1. The second-order valence-electron chi connectivity index (χ2n) is 13.0. The van der Waals surface area contributed by atoms with E-state index in [9.17, 15) is 4.79 Å². The summed E-state index contributed by atoms with van der Waals surface area (Å²) in [6, 6.07) is 0. The van der Waals surface area contributed by atoms with Gasteiger partial charge >= 0.3 is 5.97 Å². The Balaban J connectivity index is 3.07. The Kier molecular flexibility index (Phi) is 48.2. The first-order chi connectivity index (χ1) is 26.3. The van der Waals surface area contributed by atoms with Gasteiger partial charge in [-0.15, -0.1) is 0 Å². The maximum absolute atomic E-state index is 11.5. The van der Waals surface area contributed by atoms with Crippen LogP contribution < -0.4 is 0 Å². The highest BCUT2D eigenvalue weighted by atomic mass is 16.6. The number of unbranched alkanes of at least 4 members (excludes halogenated alkanes) is 14. The van der Waals surface area contributed by atoms with Crippen LogP contribution in [0.1, 0.15) is 123 Å². The molecule has 0 aliphatic rings. The minimum absolute atomic E-state index is 0.156. The molecule has 0 radical (unpaired) electrons. The summed E-state index contributed by atoms with van der Waals surface area (Å²) in [5.74, 6) is -0.156. The summed E-state index contributed by atoms with van der Waals surface area (Å²) < 4.78 is 60.2. The summed E-state index contributed by atoms with van der Waals surface area (Å²) in [5.41, 5.74) is 0. The highest BCUT2D eigenvalue weighted by Gasteiger charge is 2.02. The zero-order valence-electron chi connectivity index (χ0n) is 34.3. The van der Waals surface area contributed by atoms with Crippen molar-refractivity contribution in [3.63, 3.8) is 0 Å². The molecule has 0 amide bonds. The predicted molar refractivity (Wildman–Crippen MR) is 209 cm³/mol. The Hall–Kier alpha value is -0.930. The largest absolute Gasteiger partial charge is 0.463 e. The molecule has 0 unspecified atom stereocenters. The van der Waals surface area contributed by atoms with Gasteiger partial charge in [0.15, 0.2) is 0 Å². The summed E-state index contributed by atoms with van der Waals surface area (Å²) in [6.45, 7) is 15.3. The van der Waals surface area contributed by atoms with Crippen LogP contribution in [0.2, 0.25) is 0 Å². The summed E-state index contributed by atoms with van der Waals surface area (Å²) in [5, 5.41) is 0. The molecule has 12 nitrogen and oxygen atoms in total. The topological polar surface area (TPSA) is 119 Å². The molecular formula is C41H82O12. The van der Waals surface area contributed by atoms with Gasteiger partial charge in [0.1, 0.15) is 6.61 Å². The van der Waals surface area contributed by atoms with Crippen molar-refractivity contribution >= 4 is 5.97 Å². The first-order valence-corrected chi connectivity index (χ1v) is 21.2. The second-order valence-corrected chi connectivity index (χ2v) is 13.0. The van der Waals surface area contributed by atoms with Crippen molar-refractivity contribution in [2.75, 3.05) is 139 Å². The number of carbonyl (C=O) groups is 1. The van der Waals surface area contributed by atoms with E-state index in [0.717, 1.165) is 32.3 Å². The van der Waals surface area contributed by atoms with E-state index in [-0.39, 0.29) is 12.6 Å². The van der Waals surface area contributed by atoms with Gasteiger partial charge in [-0.25, -0.2) is 0 Å². The van der Waals surface area contributed by atoms with Crippen molar-refractivity contribution in [3.05, 3.63) is 0 Å². The molecule has 0 fully saturated rings. The Bertz CT molecular complexity index is 673. The molecule has 0 aromatic carbocycles. The Morgan fingerprint density at radius 1 is 0.264 bits per heavy atom. The van der Waals surface area contributed by atoms with Crippen molar-refractivity contribution < 1.29 is 56.9 Å². The van der Waals surface area contributed by atoms with Gasteiger partial charge in [0.05, 0.1) is 126 Å². The standard InChI is InChI=1S/C41H82O12/c1-3-5-7-8-9-10-11-12-13-14-15-16-18-20-43-21-22-44-23-24-45-25-26-46-27-28-47-29-30-48-31-32-49-33-34-50-35-36-51-37-38-52-39-40-53-41(42)19-17-6-4-2/h3-40H2,1-2H3. The third kappa shape index (κ3) is 49.1. The number of hydrogen-bond donors (Lipinski definition) is 0. The Morgan fingerprint density at radius 3 is 0.792 bits per heavy atom. The fourth-order valence-corrected chi connectivity index (χ4v) is 5.11. The molecule has 318 valence electrons. The van der Waals surface area contributed by atoms with Crippen molar-refractivity contribution in [2.24, 2.45) is 0 Å². The van der Waals surface area contributed by atoms with Crippen LogP contribution in [0.4, 0.5) is 0 Å². The SMILES string of the molecule is CCCCCCCCCCCCCCCOCCOCCOCCOCCOCCOCCOCCOCCOCCOCCOC(=O)CCCCC. The van der Waals surface area contributed by atoms with Gasteiger partial charge < -0.3 is 52.1 Å². The van der Waals surface area contributed by atoms with Gasteiger partial charge in [0, 0.05) is 13.0 Å². The molecule has 0 saturated carbocycles. The molecule has 0 bridgehead atoms. The average Bonchev–Trinajstić information content (AvgIpc) is 3.16. The molecule has 0 aliphatic carbocycles. The number of hydrogen-bond acceptors (Lipinski definition) is 12. The highest BCUT2D eigenvalue weighted by molar-refractivity contribution is 5.69. The van der Waals surface area contributed by atoms with E-state index in [0.29, 0.717) is 132 Å². The van der Waals surface area contributed by atoms with Crippen LogP contribution in [0.5, 0.6) is 0 Å².